The zero-order valence-electron chi connectivity index (χ0n) is 4.85. The van der Waals surface area contributed by atoms with E-state index in [0.29, 0.717) is 5.25 Å². The molecule has 3 heteroatoms. The third-order valence-electron chi connectivity index (χ3n) is 1.39. The lowest BCUT2D eigenvalue weighted by Crippen LogP contribution is -2.16. The molecule has 1 aliphatic carbocycles. The molecule has 0 bridgehead atoms. The summed E-state index contributed by atoms with van der Waals surface area (Å²) in [5.41, 5.74) is 0. The molecule has 0 heterocycles. The highest BCUT2D eigenvalue weighted by Gasteiger charge is 2.18. The van der Waals surface area contributed by atoms with Crippen molar-refractivity contribution in [3.05, 3.63) is 9.66 Å². The molecular formula is C6H8I2S. The highest BCUT2D eigenvalue weighted by molar-refractivity contribution is 14.1. The van der Waals surface area contributed by atoms with Crippen molar-refractivity contribution in [1.29, 1.82) is 0 Å². The lowest BCUT2D eigenvalue weighted by atomic mass is 10.1. The average Bonchev–Trinajstić information content (AvgIpc) is 1.80. The molecule has 0 amide bonds. The molecule has 0 aromatic heterocycles. The lowest BCUT2D eigenvalue weighted by Gasteiger charge is -2.20. The van der Waals surface area contributed by atoms with Crippen LogP contribution in [0.2, 0.25) is 0 Å². The standard InChI is InChI=1S/C6H8I2S/c7-4-1-2-6(9)5(8)3-4/h1,5-6,9H,2-3H2. The Morgan fingerprint density at radius 3 is 2.78 bits per heavy atom. The topological polar surface area (TPSA) is 0 Å². The first-order valence-electron chi connectivity index (χ1n) is 2.87. The number of hydrogen-bond acceptors (Lipinski definition) is 1. The van der Waals surface area contributed by atoms with Crippen molar-refractivity contribution in [2.45, 2.75) is 22.0 Å². The van der Waals surface area contributed by atoms with Gasteiger partial charge in [0.25, 0.3) is 0 Å². The Hall–Kier alpha value is 1.55. The zero-order chi connectivity index (χ0) is 6.85. The van der Waals surface area contributed by atoms with Crippen LogP contribution in [0.3, 0.4) is 0 Å². The Labute approximate surface area is 88.5 Å². The van der Waals surface area contributed by atoms with Gasteiger partial charge >= 0.3 is 0 Å². The number of rotatable bonds is 0. The summed E-state index contributed by atoms with van der Waals surface area (Å²) in [6.45, 7) is 0. The van der Waals surface area contributed by atoms with Crippen molar-refractivity contribution in [2.75, 3.05) is 0 Å². The third kappa shape index (κ3) is 2.57. The summed E-state index contributed by atoms with van der Waals surface area (Å²) in [5.74, 6) is 0. The molecule has 2 unspecified atom stereocenters. The minimum Gasteiger partial charge on any atom is -0.174 e. The smallest absolute Gasteiger partial charge is 0.0274 e. The molecule has 2 atom stereocenters. The van der Waals surface area contributed by atoms with E-state index in [1.807, 2.05) is 0 Å². The second-order valence-electron chi connectivity index (χ2n) is 2.17. The van der Waals surface area contributed by atoms with Gasteiger partial charge in [-0.15, -0.1) is 0 Å². The van der Waals surface area contributed by atoms with Crippen LogP contribution in [-0.2, 0) is 0 Å². The normalized spacial score (nSPS) is 36.1. The van der Waals surface area contributed by atoms with E-state index in [9.17, 15) is 0 Å². The summed E-state index contributed by atoms with van der Waals surface area (Å²) in [6, 6.07) is 0. The second-order valence-corrected chi connectivity index (χ2v) is 5.82. The molecule has 0 aromatic rings. The first kappa shape index (κ1) is 8.64. The van der Waals surface area contributed by atoms with Crippen LogP contribution >= 0.6 is 57.8 Å². The molecule has 0 spiro atoms. The Kier molecular flexibility index (Phi) is 3.65. The van der Waals surface area contributed by atoms with Crippen LogP contribution in [0.15, 0.2) is 9.66 Å². The van der Waals surface area contributed by atoms with Crippen molar-refractivity contribution >= 4 is 57.8 Å². The quantitative estimate of drug-likeness (QED) is 0.380. The fourth-order valence-corrected chi connectivity index (χ4v) is 3.35. The predicted octanol–water partition coefficient (Wildman–Crippen LogP) is 3.20. The fraction of sp³-hybridized carbons (Fsp3) is 0.667. The minimum atomic E-state index is 0.587. The minimum absolute atomic E-state index is 0.587. The molecule has 0 radical (unpaired) electrons. The summed E-state index contributed by atoms with van der Waals surface area (Å²) in [7, 11) is 0. The lowest BCUT2D eigenvalue weighted by molar-refractivity contribution is 0.791. The monoisotopic (exact) mass is 366 g/mol. The van der Waals surface area contributed by atoms with E-state index in [1.54, 1.807) is 0 Å². The number of thiol groups is 1. The van der Waals surface area contributed by atoms with Crippen LogP contribution in [0.5, 0.6) is 0 Å². The summed E-state index contributed by atoms with van der Waals surface area (Å²) >= 11 is 9.32. The maximum absolute atomic E-state index is 4.44. The molecule has 0 aromatic carbocycles. The molecule has 0 N–H and O–H groups in total. The number of allylic oxidation sites excluding steroid dienone is 2. The van der Waals surface area contributed by atoms with E-state index >= 15 is 0 Å². The van der Waals surface area contributed by atoms with Crippen LogP contribution in [0.4, 0.5) is 0 Å². The van der Waals surface area contributed by atoms with Crippen molar-refractivity contribution in [2.24, 2.45) is 0 Å². The zero-order valence-corrected chi connectivity index (χ0v) is 10.1. The Morgan fingerprint density at radius 2 is 2.33 bits per heavy atom. The molecule has 9 heavy (non-hydrogen) atoms. The maximum atomic E-state index is 4.44. The van der Waals surface area contributed by atoms with E-state index in [4.69, 9.17) is 0 Å². The van der Waals surface area contributed by atoms with Gasteiger partial charge in [0.15, 0.2) is 0 Å². The van der Waals surface area contributed by atoms with Crippen molar-refractivity contribution in [1.82, 2.24) is 0 Å². The molecule has 0 saturated heterocycles. The maximum Gasteiger partial charge on any atom is 0.0274 e. The average molecular weight is 366 g/mol. The van der Waals surface area contributed by atoms with Gasteiger partial charge in [0, 0.05) is 9.17 Å². The Bertz CT molecular complexity index is 133. The van der Waals surface area contributed by atoms with Gasteiger partial charge in [0.2, 0.25) is 0 Å². The molecule has 0 nitrogen and oxygen atoms in total. The predicted molar refractivity (Wildman–Crippen MR) is 61.9 cm³/mol. The number of hydrogen-bond donors (Lipinski definition) is 1. The van der Waals surface area contributed by atoms with Crippen LogP contribution in [-0.4, -0.2) is 9.17 Å². The van der Waals surface area contributed by atoms with Gasteiger partial charge in [0.05, 0.1) is 0 Å². The van der Waals surface area contributed by atoms with Gasteiger partial charge in [-0.3, -0.25) is 0 Å². The second kappa shape index (κ2) is 3.80. The fourth-order valence-electron chi connectivity index (χ4n) is 0.802. The first-order chi connectivity index (χ1) is 4.20. The van der Waals surface area contributed by atoms with Gasteiger partial charge in [-0.05, 0) is 39.0 Å². The van der Waals surface area contributed by atoms with Crippen molar-refractivity contribution in [3.8, 4) is 0 Å². The van der Waals surface area contributed by atoms with Gasteiger partial charge < -0.3 is 0 Å². The molecule has 0 fully saturated rings. The van der Waals surface area contributed by atoms with E-state index < -0.39 is 0 Å². The SMILES string of the molecule is SC1CC=C(I)CC1I. The van der Waals surface area contributed by atoms with Gasteiger partial charge in [-0.1, -0.05) is 28.7 Å². The van der Waals surface area contributed by atoms with Crippen molar-refractivity contribution < 1.29 is 0 Å². The number of alkyl halides is 1. The van der Waals surface area contributed by atoms with E-state index in [1.165, 1.54) is 10.0 Å². The summed E-state index contributed by atoms with van der Waals surface area (Å²) in [5, 5.41) is 0.587. The summed E-state index contributed by atoms with van der Waals surface area (Å²) in [6.07, 6.45) is 4.65. The molecule has 52 valence electrons. The highest BCUT2D eigenvalue weighted by Crippen LogP contribution is 2.31. The molecule has 1 rings (SSSR count). The largest absolute Gasteiger partial charge is 0.174 e. The molecule has 0 saturated carbocycles. The molecule has 0 aliphatic heterocycles. The van der Waals surface area contributed by atoms with Crippen molar-refractivity contribution in [3.63, 3.8) is 0 Å². The van der Waals surface area contributed by atoms with Gasteiger partial charge in [-0.25, -0.2) is 0 Å². The summed E-state index contributed by atoms with van der Waals surface area (Å²) < 4.78 is 2.24. The Balaban J connectivity index is 2.54. The highest BCUT2D eigenvalue weighted by atomic mass is 127. The van der Waals surface area contributed by atoms with Gasteiger partial charge in [0.1, 0.15) is 0 Å². The Morgan fingerprint density at radius 1 is 1.67 bits per heavy atom. The van der Waals surface area contributed by atoms with Crippen LogP contribution in [0.25, 0.3) is 0 Å². The molecule has 1 aliphatic rings. The van der Waals surface area contributed by atoms with Crippen LogP contribution in [0.1, 0.15) is 12.8 Å². The van der Waals surface area contributed by atoms with E-state index in [-0.39, 0.29) is 0 Å². The number of halogens is 2. The van der Waals surface area contributed by atoms with E-state index in [2.05, 4.69) is 63.9 Å². The summed E-state index contributed by atoms with van der Waals surface area (Å²) in [4.78, 5) is 0. The van der Waals surface area contributed by atoms with Crippen LogP contribution in [0, 0.1) is 0 Å². The third-order valence-corrected chi connectivity index (χ3v) is 4.72. The van der Waals surface area contributed by atoms with Crippen LogP contribution < -0.4 is 0 Å². The van der Waals surface area contributed by atoms with Gasteiger partial charge in [-0.2, -0.15) is 12.6 Å². The first-order valence-corrected chi connectivity index (χ1v) is 5.71. The van der Waals surface area contributed by atoms with E-state index in [0.717, 1.165) is 10.3 Å². The molecular weight excluding hydrogens is 358 g/mol.